The molecule has 14 rings (SSSR count). The monoisotopic (exact) mass is 955 g/mol. The van der Waals surface area contributed by atoms with Crippen LogP contribution in [-0.2, 0) is 5.41 Å². The van der Waals surface area contributed by atoms with Gasteiger partial charge in [0.15, 0.2) is 0 Å². The van der Waals surface area contributed by atoms with Crippen LogP contribution in [0.1, 0.15) is 22.3 Å². The van der Waals surface area contributed by atoms with Gasteiger partial charge in [0.2, 0.25) is 0 Å². The highest BCUT2D eigenvalue weighted by molar-refractivity contribution is 6.09. The summed E-state index contributed by atoms with van der Waals surface area (Å²) < 4.78 is 6.55. The number of para-hydroxylation sites is 3. The molecule has 2 heteroatoms. The molecule has 1 heterocycles. The first-order valence-corrected chi connectivity index (χ1v) is 25.8. The molecule has 0 fully saturated rings. The van der Waals surface area contributed by atoms with E-state index in [4.69, 9.17) is 4.42 Å². The Labute approximate surface area is 437 Å². The van der Waals surface area contributed by atoms with Crippen molar-refractivity contribution in [3.8, 4) is 66.8 Å². The molecule has 2 nitrogen and oxygen atoms in total. The predicted molar refractivity (Wildman–Crippen MR) is 313 cm³/mol. The molecule has 0 aliphatic heterocycles. The highest BCUT2D eigenvalue weighted by atomic mass is 16.3. The highest BCUT2D eigenvalue weighted by Gasteiger charge is 2.47. The van der Waals surface area contributed by atoms with Crippen molar-refractivity contribution in [1.29, 1.82) is 0 Å². The van der Waals surface area contributed by atoms with E-state index in [1.165, 1.54) is 61.2 Å². The zero-order chi connectivity index (χ0) is 49.7. The minimum Gasteiger partial charge on any atom is -0.455 e. The zero-order valence-corrected chi connectivity index (χ0v) is 41.1. The summed E-state index contributed by atoms with van der Waals surface area (Å²) in [5, 5.41) is 2.24. The molecular weight excluding hydrogens is 907 g/mol. The number of fused-ring (bicyclic) bond motifs is 6. The summed E-state index contributed by atoms with van der Waals surface area (Å²) in [5.74, 6) is 0. The molecule has 12 aromatic carbocycles. The van der Waals surface area contributed by atoms with Crippen LogP contribution >= 0.6 is 0 Å². The van der Waals surface area contributed by atoms with Crippen molar-refractivity contribution >= 4 is 39.0 Å². The Morgan fingerprint density at radius 1 is 0.280 bits per heavy atom. The van der Waals surface area contributed by atoms with Crippen LogP contribution in [0.2, 0.25) is 0 Å². The molecule has 75 heavy (non-hydrogen) atoms. The molecule has 0 saturated heterocycles. The standard InChI is InChI=1S/C73H49NO/c1-5-21-51(22-6-1)59-48-43-54(49-66(59)52-23-7-2-8-24-52)50-39-44-57(45-40-50)74(58-46-41-53(42-47-58)60-32-19-34-64-62-30-15-18-38-70(62)75-72(60)64)69-37-17-14-29-61(69)63-33-20-36-68-71(63)65-31-13-16-35-67(65)73(68,55-25-9-3-10-26-55)56-27-11-4-12-28-56/h1-49H. The Kier molecular flexibility index (Phi) is 10.8. The molecule has 1 aliphatic carbocycles. The number of nitrogens with zero attached hydrogens (tertiary/aromatic N) is 1. The summed E-state index contributed by atoms with van der Waals surface area (Å²) in [7, 11) is 0. The molecule has 1 aromatic heterocycles. The van der Waals surface area contributed by atoms with Crippen LogP contribution in [-0.4, -0.2) is 0 Å². The third-order valence-corrected chi connectivity index (χ3v) is 15.4. The van der Waals surface area contributed by atoms with E-state index in [1.807, 2.05) is 6.07 Å². The summed E-state index contributed by atoms with van der Waals surface area (Å²) in [4.78, 5) is 2.43. The lowest BCUT2D eigenvalue weighted by Crippen LogP contribution is -2.28. The molecule has 352 valence electrons. The van der Waals surface area contributed by atoms with Gasteiger partial charge in [-0.15, -0.1) is 0 Å². The van der Waals surface area contributed by atoms with Crippen molar-refractivity contribution in [1.82, 2.24) is 0 Å². The molecule has 0 spiro atoms. The first kappa shape index (κ1) is 44.0. The second kappa shape index (κ2) is 18.4. The SMILES string of the molecule is c1ccc(-c2ccc(-c3ccc(N(c4ccc(-c5cccc6c5oc5ccccc56)cc4)c4ccccc4-c4cccc5c4-c4ccccc4C5(c4ccccc4)c4ccccc4)cc3)cc2-c2ccccc2)cc1. The number of furan rings is 1. The maximum absolute atomic E-state index is 6.55. The van der Waals surface area contributed by atoms with Gasteiger partial charge in [-0.05, 0) is 120 Å². The van der Waals surface area contributed by atoms with E-state index < -0.39 is 5.41 Å². The first-order chi connectivity index (χ1) is 37.2. The lowest BCUT2D eigenvalue weighted by molar-refractivity contribution is 0.670. The minimum atomic E-state index is -0.521. The summed E-state index contributed by atoms with van der Waals surface area (Å²) in [5.41, 5.74) is 23.6. The van der Waals surface area contributed by atoms with Gasteiger partial charge in [-0.3, -0.25) is 0 Å². The van der Waals surface area contributed by atoms with Crippen molar-refractivity contribution in [3.63, 3.8) is 0 Å². The largest absolute Gasteiger partial charge is 0.455 e. The van der Waals surface area contributed by atoms with Gasteiger partial charge in [0.05, 0.1) is 11.1 Å². The summed E-state index contributed by atoms with van der Waals surface area (Å²) in [6.45, 7) is 0. The normalized spacial score (nSPS) is 12.4. The minimum absolute atomic E-state index is 0.521. The van der Waals surface area contributed by atoms with Crippen LogP contribution in [0.5, 0.6) is 0 Å². The first-order valence-electron chi connectivity index (χ1n) is 25.8. The number of benzene rings is 12. The van der Waals surface area contributed by atoms with Crippen LogP contribution in [0.4, 0.5) is 17.1 Å². The van der Waals surface area contributed by atoms with Gasteiger partial charge in [-0.1, -0.05) is 255 Å². The van der Waals surface area contributed by atoms with Gasteiger partial charge in [0.1, 0.15) is 11.2 Å². The van der Waals surface area contributed by atoms with E-state index in [0.29, 0.717) is 0 Å². The van der Waals surface area contributed by atoms with E-state index >= 15 is 0 Å². The van der Waals surface area contributed by atoms with Gasteiger partial charge in [-0.25, -0.2) is 0 Å². The smallest absolute Gasteiger partial charge is 0.143 e. The van der Waals surface area contributed by atoms with Crippen molar-refractivity contribution < 1.29 is 4.42 Å². The van der Waals surface area contributed by atoms with Crippen LogP contribution in [0, 0.1) is 0 Å². The van der Waals surface area contributed by atoms with Gasteiger partial charge in [0, 0.05) is 33.3 Å². The van der Waals surface area contributed by atoms with Crippen LogP contribution in [0.15, 0.2) is 302 Å². The average molecular weight is 956 g/mol. The molecule has 0 unspecified atom stereocenters. The average Bonchev–Trinajstić information content (AvgIpc) is 4.12. The van der Waals surface area contributed by atoms with Crippen LogP contribution in [0.3, 0.4) is 0 Å². The molecule has 0 amide bonds. The Balaban J connectivity index is 0.941. The Morgan fingerprint density at radius 2 is 0.760 bits per heavy atom. The molecule has 0 N–H and O–H groups in total. The number of anilines is 3. The third-order valence-electron chi connectivity index (χ3n) is 15.4. The zero-order valence-electron chi connectivity index (χ0n) is 41.1. The number of hydrogen-bond acceptors (Lipinski definition) is 2. The second-order valence-corrected chi connectivity index (χ2v) is 19.5. The van der Waals surface area contributed by atoms with E-state index in [1.54, 1.807) is 0 Å². The highest BCUT2D eigenvalue weighted by Crippen LogP contribution is 2.59. The van der Waals surface area contributed by atoms with Gasteiger partial charge < -0.3 is 9.32 Å². The second-order valence-electron chi connectivity index (χ2n) is 19.5. The molecule has 13 aromatic rings. The van der Waals surface area contributed by atoms with Crippen molar-refractivity contribution in [2.75, 3.05) is 4.90 Å². The maximum Gasteiger partial charge on any atom is 0.143 e. The molecule has 1 aliphatic rings. The molecular formula is C73H49NO. The molecule has 0 saturated carbocycles. The van der Waals surface area contributed by atoms with E-state index in [2.05, 4.69) is 296 Å². The number of rotatable bonds is 10. The van der Waals surface area contributed by atoms with Crippen LogP contribution in [0.25, 0.3) is 88.7 Å². The third kappa shape index (κ3) is 7.33. The molecule has 0 radical (unpaired) electrons. The Morgan fingerprint density at radius 3 is 1.45 bits per heavy atom. The van der Waals surface area contributed by atoms with Gasteiger partial charge >= 0.3 is 0 Å². The summed E-state index contributed by atoms with van der Waals surface area (Å²) in [6, 6.07) is 108. The van der Waals surface area contributed by atoms with E-state index in [-0.39, 0.29) is 0 Å². The lowest BCUT2D eigenvalue weighted by atomic mass is 9.67. The molecule has 0 bridgehead atoms. The fourth-order valence-corrected chi connectivity index (χ4v) is 12.1. The van der Waals surface area contributed by atoms with Crippen molar-refractivity contribution in [3.05, 3.63) is 320 Å². The number of hydrogen-bond donors (Lipinski definition) is 0. The lowest BCUT2D eigenvalue weighted by Gasteiger charge is -2.34. The quantitative estimate of drug-likeness (QED) is 0.136. The van der Waals surface area contributed by atoms with E-state index in [0.717, 1.165) is 66.8 Å². The van der Waals surface area contributed by atoms with Crippen LogP contribution < -0.4 is 4.90 Å². The summed E-state index contributed by atoms with van der Waals surface area (Å²) in [6.07, 6.45) is 0. The summed E-state index contributed by atoms with van der Waals surface area (Å²) >= 11 is 0. The van der Waals surface area contributed by atoms with Gasteiger partial charge in [0.25, 0.3) is 0 Å². The van der Waals surface area contributed by atoms with Crippen molar-refractivity contribution in [2.45, 2.75) is 5.41 Å². The fourth-order valence-electron chi connectivity index (χ4n) is 12.1. The maximum atomic E-state index is 6.55. The topological polar surface area (TPSA) is 16.4 Å². The van der Waals surface area contributed by atoms with E-state index in [9.17, 15) is 0 Å². The van der Waals surface area contributed by atoms with Crippen molar-refractivity contribution in [2.24, 2.45) is 0 Å². The van der Waals surface area contributed by atoms with Gasteiger partial charge in [-0.2, -0.15) is 0 Å². The Hall–Kier alpha value is -9.76. The fraction of sp³-hybridized carbons (Fsp3) is 0.0137. The predicted octanol–water partition coefficient (Wildman–Crippen LogP) is 19.8. The Bertz CT molecular complexity index is 4160. The molecule has 0 atom stereocenters.